The predicted octanol–water partition coefficient (Wildman–Crippen LogP) is 16.6. The van der Waals surface area contributed by atoms with Crippen LogP contribution in [0.5, 0.6) is 0 Å². The molecule has 62 heavy (non-hydrogen) atoms. The number of hydrogen-bond donors (Lipinski definition) is 0. The SMILES string of the molecule is [2H]c1c([2H])c(N(c2ccc(-c3ccccc3)cc2)c2ccccc2-c2ccc(-c3ccccc3)cc2)c([2H])c([2H])c1-c1ccc2c(c1)c1ccccc1n2-c1ccc(-c2ccccc2)cc1. The monoisotopic (exact) mass is 794 g/mol. The van der Waals surface area contributed by atoms with Gasteiger partial charge in [-0.15, -0.1) is 0 Å². The van der Waals surface area contributed by atoms with Gasteiger partial charge in [0.25, 0.3) is 0 Å². The molecular formula is C60H42N2. The lowest BCUT2D eigenvalue weighted by molar-refractivity contribution is 1.18. The molecule has 0 spiro atoms. The summed E-state index contributed by atoms with van der Waals surface area (Å²) in [7, 11) is 0. The Morgan fingerprint density at radius 1 is 0.306 bits per heavy atom. The second-order valence-electron chi connectivity index (χ2n) is 15.4. The molecule has 292 valence electrons. The number of benzene rings is 10. The van der Waals surface area contributed by atoms with Crippen LogP contribution in [0, 0.1) is 0 Å². The summed E-state index contributed by atoms with van der Waals surface area (Å²) in [5.74, 6) is 0. The topological polar surface area (TPSA) is 8.17 Å². The zero-order valence-electron chi connectivity index (χ0n) is 37.8. The minimum absolute atomic E-state index is 0.110. The van der Waals surface area contributed by atoms with Gasteiger partial charge in [0.15, 0.2) is 0 Å². The molecule has 0 atom stereocenters. The van der Waals surface area contributed by atoms with Crippen LogP contribution in [0.4, 0.5) is 17.1 Å². The first-order valence-corrected chi connectivity index (χ1v) is 20.9. The van der Waals surface area contributed by atoms with E-state index in [0.717, 1.165) is 77.7 Å². The molecule has 1 heterocycles. The molecular weight excluding hydrogens is 749 g/mol. The van der Waals surface area contributed by atoms with Gasteiger partial charge in [0.2, 0.25) is 0 Å². The number of hydrogen-bond acceptors (Lipinski definition) is 1. The third kappa shape index (κ3) is 6.94. The van der Waals surface area contributed by atoms with Gasteiger partial charge in [-0.25, -0.2) is 0 Å². The Morgan fingerprint density at radius 3 is 1.37 bits per heavy atom. The van der Waals surface area contributed by atoms with E-state index >= 15 is 0 Å². The Morgan fingerprint density at radius 2 is 0.758 bits per heavy atom. The van der Waals surface area contributed by atoms with Crippen molar-refractivity contribution in [2.75, 3.05) is 4.90 Å². The largest absolute Gasteiger partial charge is 0.310 e. The molecule has 11 rings (SSSR count). The summed E-state index contributed by atoms with van der Waals surface area (Å²) in [6.07, 6.45) is 0. The summed E-state index contributed by atoms with van der Waals surface area (Å²) in [5.41, 5.74) is 14.0. The third-order valence-electron chi connectivity index (χ3n) is 11.7. The van der Waals surface area contributed by atoms with E-state index in [0.29, 0.717) is 11.3 Å². The Bertz CT molecular complexity index is 3500. The molecule has 0 unspecified atom stereocenters. The standard InChI is InChI=1S/C60H42N2/c1-4-14-43(15-5-1)46-24-26-50(27-25-46)55-20-10-12-22-58(55)61(52-35-28-47(29-36-52)44-16-6-2-7-17-44)53-37-32-49(33-38-53)51-34-41-60-57(42-51)56-21-11-13-23-59(56)62(60)54-39-30-48(31-40-54)45-18-8-3-9-19-45/h1-42H/i32D,33D,37D,38D. The van der Waals surface area contributed by atoms with Crippen LogP contribution in [0.3, 0.4) is 0 Å². The Labute approximate surface area is 368 Å². The van der Waals surface area contributed by atoms with Gasteiger partial charge in [0.05, 0.1) is 22.2 Å². The summed E-state index contributed by atoms with van der Waals surface area (Å²) < 4.78 is 41.2. The summed E-state index contributed by atoms with van der Waals surface area (Å²) >= 11 is 0. The fraction of sp³-hybridized carbons (Fsp3) is 0. The maximum Gasteiger partial charge on any atom is 0.0645 e. The van der Waals surface area contributed by atoms with Crippen molar-refractivity contribution in [1.82, 2.24) is 4.57 Å². The average molecular weight is 795 g/mol. The Kier molecular flexibility index (Phi) is 8.47. The first-order chi connectivity index (χ1) is 32.4. The van der Waals surface area contributed by atoms with Gasteiger partial charge in [-0.3, -0.25) is 0 Å². The maximum atomic E-state index is 9.78. The second-order valence-corrected chi connectivity index (χ2v) is 15.4. The Hall–Kier alpha value is -8.20. The first-order valence-electron chi connectivity index (χ1n) is 22.9. The number of rotatable bonds is 9. The molecule has 11 aromatic rings. The maximum absolute atomic E-state index is 9.78. The predicted molar refractivity (Wildman–Crippen MR) is 263 cm³/mol. The molecule has 0 bridgehead atoms. The van der Waals surface area contributed by atoms with E-state index in [1.807, 2.05) is 138 Å². The second kappa shape index (κ2) is 16.1. The highest BCUT2D eigenvalue weighted by molar-refractivity contribution is 6.10. The van der Waals surface area contributed by atoms with Crippen molar-refractivity contribution in [1.29, 1.82) is 0 Å². The zero-order valence-corrected chi connectivity index (χ0v) is 33.8. The van der Waals surface area contributed by atoms with Crippen LogP contribution in [0.2, 0.25) is 0 Å². The van der Waals surface area contributed by atoms with Crippen LogP contribution in [0.25, 0.3) is 83.1 Å². The Balaban J connectivity index is 1.05. The van der Waals surface area contributed by atoms with Gasteiger partial charge in [-0.1, -0.05) is 194 Å². The molecule has 0 radical (unpaired) electrons. The minimum Gasteiger partial charge on any atom is -0.310 e. The summed E-state index contributed by atoms with van der Waals surface area (Å²) in [5, 5.41) is 2.00. The van der Waals surface area contributed by atoms with Crippen molar-refractivity contribution in [2.45, 2.75) is 0 Å². The molecule has 1 aromatic heterocycles. The van der Waals surface area contributed by atoms with Gasteiger partial charge >= 0.3 is 0 Å². The van der Waals surface area contributed by atoms with Crippen LogP contribution in [0.1, 0.15) is 5.48 Å². The lowest BCUT2D eigenvalue weighted by Crippen LogP contribution is -2.11. The molecule has 0 amide bonds. The zero-order chi connectivity index (χ0) is 44.7. The van der Waals surface area contributed by atoms with Crippen molar-refractivity contribution in [3.05, 3.63) is 255 Å². The van der Waals surface area contributed by atoms with Crippen molar-refractivity contribution < 1.29 is 5.48 Å². The van der Waals surface area contributed by atoms with Gasteiger partial charge in [0, 0.05) is 33.4 Å². The smallest absolute Gasteiger partial charge is 0.0645 e. The normalized spacial score (nSPS) is 12.1. The van der Waals surface area contributed by atoms with Crippen molar-refractivity contribution in [3.63, 3.8) is 0 Å². The number of fused-ring (bicyclic) bond motifs is 3. The average Bonchev–Trinajstić information content (AvgIpc) is 3.72. The fourth-order valence-electron chi connectivity index (χ4n) is 8.61. The molecule has 2 nitrogen and oxygen atoms in total. The summed E-state index contributed by atoms with van der Waals surface area (Å²) in [6, 6.07) is 77.6. The number of para-hydroxylation sites is 2. The van der Waals surface area contributed by atoms with Gasteiger partial charge < -0.3 is 9.47 Å². The van der Waals surface area contributed by atoms with Crippen LogP contribution in [-0.4, -0.2) is 4.57 Å². The van der Waals surface area contributed by atoms with Crippen LogP contribution < -0.4 is 4.90 Å². The van der Waals surface area contributed by atoms with E-state index in [-0.39, 0.29) is 35.4 Å². The molecule has 0 fully saturated rings. The molecule has 0 N–H and O–H groups in total. The van der Waals surface area contributed by atoms with Gasteiger partial charge in [0.1, 0.15) is 0 Å². The highest BCUT2D eigenvalue weighted by Gasteiger charge is 2.19. The fourth-order valence-corrected chi connectivity index (χ4v) is 8.61. The van der Waals surface area contributed by atoms with Crippen LogP contribution >= 0.6 is 0 Å². The van der Waals surface area contributed by atoms with E-state index in [4.69, 9.17) is 0 Å². The van der Waals surface area contributed by atoms with Crippen molar-refractivity contribution >= 4 is 38.9 Å². The molecule has 0 aliphatic carbocycles. The quantitative estimate of drug-likeness (QED) is 0.141. The van der Waals surface area contributed by atoms with E-state index in [9.17, 15) is 5.48 Å². The number of nitrogens with zero attached hydrogens (tertiary/aromatic N) is 2. The molecule has 0 saturated heterocycles. The molecule has 2 heteroatoms. The lowest BCUT2D eigenvalue weighted by atomic mass is 9.98. The third-order valence-corrected chi connectivity index (χ3v) is 11.7. The van der Waals surface area contributed by atoms with Gasteiger partial charge in [-0.05, 0) is 111 Å². The van der Waals surface area contributed by atoms with Crippen LogP contribution in [0.15, 0.2) is 255 Å². The lowest BCUT2D eigenvalue weighted by Gasteiger charge is -2.28. The van der Waals surface area contributed by atoms with Gasteiger partial charge in [-0.2, -0.15) is 0 Å². The van der Waals surface area contributed by atoms with E-state index in [1.165, 1.54) is 0 Å². The molecule has 10 aromatic carbocycles. The molecule has 0 aliphatic rings. The summed E-state index contributed by atoms with van der Waals surface area (Å²) in [4.78, 5) is 1.89. The highest BCUT2D eigenvalue weighted by atomic mass is 15.1. The highest BCUT2D eigenvalue weighted by Crippen LogP contribution is 2.43. The van der Waals surface area contributed by atoms with E-state index in [2.05, 4.69) is 102 Å². The van der Waals surface area contributed by atoms with Crippen molar-refractivity contribution in [3.8, 4) is 61.3 Å². The van der Waals surface area contributed by atoms with E-state index in [1.54, 1.807) is 0 Å². The number of aromatic nitrogens is 1. The minimum atomic E-state index is -0.131. The first kappa shape index (κ1) is 32.6. The van der Waals surface area contributed by atoms with E-state index < -0.39 is 0 Å². The van der Waals surface area contributed by atoms with Crippen molar-refractivity contribution in [2.24, 2.45) is 0 Å². The number of anilines is 3. The van der Waals surface area contributed by atoms with Crippen LogP contribution in [-0.2, 0) is 0 Å². The molecule has 0 aliphatic heterocycles. The summed E-state index contributed by atoms with van der Waals surface area (Å²) in [6.45, 7) is 0. The molecule has 0 saturated carbocycles.